The molecule has 0 nitrogen and oxygen atoms in total. The van der Waals surface area contributed by atoms with Crippen LogP contribution in [0.15, 0.2) is 48.5 Å². The molecular formula is C24H27. The van der Waals surface area contributed by atoms with Crippen LogP contribution >= 0.6 is 0 Å². The summed E-state index contributed by atoms with van der Waals surface area (Å²) in [7, 11) is 0. The number of hydrogen-bond acceptors (Lipinski definition) is 0. The molecule has 0 aromatic heterocycles. The average Bonchev–Trinajstić information content (AvgIpc) is 3.19. The maximum Gasteiger partial charge on any atom is 0.0276 e. The summed E-state index contributed by atoms with van der Waals surface area (Å²) in [6, 6.07) is 15.8. The van der Waals surface area contributed by atoms with E-state index in [0.717, 1.165) is 12.8 Å². The van der Waals surface area contributed by atoms with Crippen molar-refractivity contribution < 1.29 is 0 Å². The van der Waals surface area contributed by atoms with Gasteiger partial charge in [-0.1, -0.05) is 68.5 Å². The second-order valence-corrected chi connectivity index (χ2v) is 7.61. The van der Waals surface area contributed by atoms with Gasteiger partial charge in [-0.25, -0.2) is 0 Å². The van der Waals surface area contributed by atoms with Crippen LogP contribution in [0.1, 0.15) is 60.9 Å². The first-order valence-corrected chi connectivity index (χ1v) is 9.47. The van der Waals surface area contributed by atoms with Gasteiger partial charge in [0.05, 0.1) is 0 Å². The summed E-state index contributed by atoms with van der Waals surface area (Å²) in [5.41, 5.74) is 8.10. The second kappa shape index (κ2) is 6.24. The van der Waals surface area contributed by atoms with Crippen molar-refractivity contribution in [1.29, 1.82) is 0 Å². The predicted molar refractivity (Wildman–Crippen MR) is 103 cm³/mol. The van der Waals surface area contributed by atoms with E-state index >= 15 is 0 Å². The molecule has 0 amide bonds. The minimum atomic E-state index is 0.519. The first kappa shape index (κ1) is 15.7. The number of allylic oxidation sites excluding steroid dienone is 1. The Morgan fingerprint density at radius 1 is 0.833 bits per heavy atom. The molecule has 0 heteroatoms. The molecule has 123 valence electrons. The summed E-state index contributed by atoms with van der Waals surface area (Å²) < 4.78 is 0. The van der Waals surface area contributed by atoms with E-state index in [1.165, 1.54) is 48.3 Å². The van der Waals surface area contributed by atoms with Gasteiger partial charge in [-0.15, -0.1) is 0 Å². The molecule has 4 rings (SSSR count). The Kier molecular flexibility index (Phi) is 4.08. The number of benzene rings is 2. The molecule has 2 aromatic rings. The largest absolute Gasteiger partial charge is 0.0721 e. The van der Waals surface area contributed by atoms with E-state index in [0.29, 0.717) is 5.41 Å². The lowest BCUT2D eigenvalue weighted by Crippen LogP contribution is -2.18. The zero-order valence-corrected chi connectivity index (χ0v) is 14.9. The van der Waals surface area contributed by atoms with E-state index in [1.54, 1.807) is 11.1 Å². The van der Waals surface area contributed by atoms with Crippen LogP contribution in [0.2, 0.25) is 0 Å². The monoisotopic (exact) mass is 315 g/mol. The summed E-state index contributed by atoms with van der Waals surface area (Å²) in [4.78, 5) is 0. The van der Waals surface area contributed by atoms with Crippen molar-refractivity contribution in [2.75, 3.05) is 0 Å². The van der Waals surface area contributed by atoms with Gasteiger partial charge in [0.25, 0.3) is 0 Å². The molecule has 2 aliphatic rings. The van der Waals surface area contributed by atoms with Crippen molar-refractivity contribution in [1.82, 2.24) is 0 Å². The van der Waals surface area contributed by atoms with Gasteiger partial charge in [0.1, 0.15) is 0 Å². The molecule has 0 fully saturated rings. The zero-order chi connectivity index (χ0) is 16.6. The first-order valence-electron chi connectivity index (χ1n) is 9.47. The van der Waals surface area contributed by atoms with Crippen LogP contribution in [-0.4, -0.2) is 0 Å². The Morgan fingerprint density at radius 2 is 1.54 bits per heavy atom. The molecule has 0 spiro atoms. The van der Waals surface area contributed by atoms with E-state index in [1.807, 2.05) is 0 Å². The highest BCUT2D eigenvalue weighted by Gasteiger charge is 2.35. The van der Waals surface area contributed by atoms with Crippen LogP contribution < -0.4 is 0 Å². The molecule has 0 unspecified atom stereocenters. The third kappa shape index (κ3) is 2.73. The fourth-order valence-corrected chi connectivity index (χ4v) is 4.50. The molecule has 0 heterocycles. The van der Waals surface area contributed by atoms with Crippen LogP contribution in [0.25, 0.3) is 6.08 Å². The van der Waals surface area contributed by atoms with Gasteiger partial charge >= 0.3 is 0 Å². The third-order valence-corrected chi connectivity index (χ3v) is 6.34. The lowest BCUT2D eigenvalue weighted by molar-refractivity contribution is 0.280. The minimum Gasteiger partial charge on any atom is -0.0721 e. The summed E-state index contributed by atoms with van der Waals surface area (Å²) in [5.74, 6) is 1.52. The van der Waals surface area contributed by atoms with Crippen LogP contribution in [-0.2, 0) is 19.3 Å². The van der Waals surface area contributed by atoms with Gasteiger partial charge in [0.2, 0.25) is 0 Å². The Hall–Kier alpha value is -1.82. The minimum absolute atomic E-state index is 0.519. The third-order valence-electron chi connectivity index (χ3n) is 6.34. The van der Waals surface area contributed by atoms with Crippen molar-refractivity contribution in [3.63, 3.8) is 0 Å². The highest BCUT2D eigenvalue weighted by molar-refractivity contribution is 5.70. The lowest BCUT2D eigenvalue weighted by atomic mass is 9.80. The second-order valence-electron chi connectivity index (χ2n) is 7.61. The quantitative estimate of drug-likeness (QED) is 0.618. The standard InChI is InChI=1S/C24H27/c1-3-24(4-2)16-21-14-20-13-12-19(23(20)15-22(21)17-24)11-10-18-8-6-5-7-9-18/h5-9,12-15H,3-4,10-11,16-17H2,1-2H3. The molecular weight excluding hydrogens is 288 g/mol. The van der Waals surface area contributed by atoms with Crippen molar-refractivity contribution in [3.8, 4) is 0 Å². The number of fused-ring (bicyclic) bond motifs is 2. The highest BCUT2D eigenvalue weighted by atomic mass is 14.4. The molecule has 24 heavy (non-hydrogen) atoms. The van der Waals surface area contributed by atoms with Crippen LogP contribution in [0.3, 0.4) is 0 Å². The Balaban J connectivity index is 1.54. The van der Waals surface area contributed by atoms with E-state index in [4.69, 9.17) is 0 Å². The van der Waals surface area contributed by atoms with E-state index < -0.39 is 0 Å². The first-order chi connectivity index (χ1) is 11.7. The van der Waals surface area contributed by atoms with Crippen molar-refractivity contribution >= 4 is 6.08 Å². The topological polar surface area (TPSA) is 0 Å². The van der Waals surface area contributed by atoms with Gasteiger partial charge in [-0.2, -0.15) is 0 Å². The molecule has 2 aliphatic carbocycles. The fraction of sp³-hybridized carbons (Fsp3) is 0.375. The SMILES string of the molecule is CCC1(CC)Cc2cc3c(cc2C1)[C](CCc1ccccc1)C=C3. The van der Waals surface area contributed by atoms with E-state index in [9.17, 15) is 0 Å². The summed E-state index contributed by atoms with van der Waals surface area (Å²) in [6.07, 6.45) is 12.1. The van der Waals surface area contributed by atoms with Crippen molar-refractivity contribution in [2.45, 2.75) is 52.4 Å². The number of hydrogen-bond donors (Lipinski definition) is 0. The summed E-state index contributed by atoms with van der Waals surface area (Å²) in [5, 5.41) is 0. The molecule has 0 N–H and O–H groups in total. The summed E-state index contributed by atoms with van der Waals surface area (Å²) in [6.45, 7) is 4.72. The van der Waals surface area contributed by atoms with Gasteiger partial charge in [0.15, 0.2) is 0 Å². The van der Waals surface area contributed by atoms with Crippen LogP contribution in [0.4, 0.5) is 0 Å². The molecule has 0 atom stereocenters. The van der Waals surface area contributed by atoms with Crippen LogP contribution in [0, 0.1) is 11.3 Å². The van der Waals surface area contributed by atoms with Crippen molar-refractivity contribution in [2.24, 2.45) is 5.41 Å². The smallest absolute Gasteiger partial charge is 0.0276 e. The number of rotatable bonds is 5. The molecule has 0 saturated heterocycles. The van der Waals surface area contributed by atoms with Crippen LogP contribution in [0.5, 0.6) is 0 Å². The van der Waals surface area contributed by atoms with Gasteiger partial charge in [-0.05, 0) is 71.8 Å². The zero-order valence-electron chi connectivity index (χ0n) is 14.9. The average molecular weight is 315 g/mol. The summed E-state index contributed by atoms with van der Waals surface area (Å²) >= 11 is 0. The molecule has 0 saturated carbocycles. The molecule has 1 radical (unpaired) electrons. The maximum absolute atomic E-state index is 2.51. The van der Waals surface area contributed by atoms with E-state index in [2.05, 4.69) is 68.5 Å². The Morgan fingerprint density at radius 3 is 2.25 bits per heavy atom. The predicted octanol–water partition coefficient (Wildman–Crippen LogP) is 6.17. The van der Waals surface area contributed by atoms with E-state index in [-0.39, 0.29) is 0 Å². The van der Waals surface area contributed by atoms with Gasteiger partial charge in [-0.3, -0.25) is 0 Å². The molecule has 0 aliphatic heterocycles. The Labute approximate surface area is 146 Å². The normalized spacial score (nSPS) is 17.9. The fourth-order valence-electron chi connectivity index (χ4n) is 4.50. The Bertz CT molecular complexity index is 747. The van der Waals surface area contributed by atoms with Gasteiger partial charge < -0.3 is 0 Å². The highest BCUT2D eigenvalue weighted by Crippen LogP contribution is 2.45. The van der Waals surface area contributed by atoms with Crippen molar-refractivity contribution in [3.05, 3.63) is 82.3 Å². The maximum atomic E-state index is 2.51. The van der Waals surface area contributed by atoms with Gasteiger partial charge in [0, 0.05) is 5.92 Å². The lowest BCUT2D eigenvalue weighted by Gasteiger charge is -2.25. The molecule has 2 aromatic carbocycles. The molecule has 0 bridgehead atoms. The number of aryl methyl sites for hydroxylation is 1.